The Kier molecular flexibility index (Phi) is 10.2. The molecule has 0 amide bonds. The Hall–Kier alpha value is -0.380. The first-order valence-electron chi connectivity index (χ1n) is 6.04. The van der Waals surface area contributed by atoms with Crippen molar-refractivity contribution in [1.29, 1.82) is 0 Å². The van der Waals surface area contributed by atoms with E-state index in [0.717, 1.165) is 0 Å². The van der Waals surface area contributed by atoms with Gasteiger partial charge in [-0.2, -0.15) is 0 Å². The number of benzene rings is 1. The second kappa shape index (κ2) is 10.4. The molecular weight excluding hydrogens is 384 g/mol. The van der Waals surface area contributed by atoms with E-state index in [-0.39, 0.29) is 17.3 Å². The minimum atomic E-state index is -3.59. The zero-order valence-corrected chi connectivity index (χ0v) is 15.1. The smallest absolute Gasteiger partial charge is 0.244 e. The van der Waals surface area contributed by atoms with Gasteiger partial charge < -0.3 is 14.8 Å². The van der Waals surface area contributed by atoms with Crippen LogP contribution < -0.4 is 14.8 Å². The molecule has 0 aromatic heterocycles. The third-order valence-electron chi connectivity index (χ3n) is 2.49. The molecule has 1 rings (SSSR count). The van der Waals surface area contributed by atoms with Crippen LogP contribution in [0.4, 0.5) is 0 Å². The van der Waals surface area contributed by atoms with Gasteiger partial charge in [0.15, 0.2) is 0 Å². The van der Waals surface area contributed by atoms with Gasteiger partial charge in [-0.1, -0.05) is 15.9 Å². The van der Waals surface area contributed by atoms with Gasteiger partial charge in [-0.25, -0.2) is 13.1 Å². The van der Waals surface area contributed by atoms with Crippen LogP contribution in [-0.4, -0.2) is 48.9 Å². The van der Waals surface area contributed by atoms with E-state index in [9.17, 15) is 8.42 Å². The SMILES string of the molecule is COCCNCCNS(=O)(=O)c1cc(Br)ccc1OC.Cl. The minimum absolute atomic E-state index is 0. The number of halogens is 2. The molecule has 9 heteroatoms. The van der Waals surface area contributed by atoms with Gasteiger partial charge in [-0.15, -0.1) is 12.4 Å². The summed E-state index contributed by atoms with van der Waals surface area (Å²) in [5.74, 6) is 0.313. The van der Waals surface area contributed by atoms with E-state index in [2.05, 4.69) is 26.0 Å². The predicted molar refractivity (Wildman–Crippen MR) is 87.9 cm³/mol. The van der Waals surface area contributed by atoms with Crippen molar-refractivity contribution >= 4 is 38.4 Å². The summed E-state index contributed by atoms with van der Waals surface area (Å²) in [5.41, 5.74) is 0. The number of ether oxygens (including phenoxy) is 2. The van der Waals surface area contributed by atoms with Gasteiger partial charge in [0, 0.05) is 31.2 Å². The molecule has 0 heterocycles. The highest BCUT2D eigenvalue weighted by atomic mass is 79.9. The Morgan fingerprint density at radius 1 is 1.19 bits per heavy atom. The van der Waals surface area contributed by atoms with Crippen LogP contribution in [0.1, 0.15) is 0 Å². The molecule has 0 saturated carbocycles. The maximum absolute atomic E-state index is 12.2. The lowest BCUT2D eigenvalue weighted by molar-refractivity contribution is 0.199. The average molecular weight is 404 g/mol. The number of hydrogen-bond acceptors (Lipinski definition) is 5. The Balaban J connectivity index is 0.00000400. The lowest BCUT2D eigenvalue weighted by atomic mass is 10.3. The first-order valence-corrected chi connectivity index (χ1v) is 8.31. The van der Waals surface area contributed by atoms with Crippen LogP contribution >= 0.6 is 28.3 Å². The first-order chi connectivity index (χ1) is 9.51. The lowest BCUT2D eigenvalue weighted by Crippen LogP contribution is -2.33. The molecule has 2 N–H and O–H groups in total. The molecule has 1 aromatic rings. The maximum atomic E-state index is 12.2. The van der Waals surface area contributed by atoms with Crippen LogP contribution in [0.5, 0.6) is 5.75 Å². The Bertz CT molecular complexity index is 528. The Labute approximate surface area is 140 Å². The van der Waals surface area contributed by atoms with E-state index >= 15 is 0 Å². The van der Waals surface area contributed by atoms with Gasteiger partial charge in [-0.05, 0) is 18.2 Å². The third kappa shape index (κ3) is 6.94. The quantitative estimate of drug-likeness (QED) is 0.609. The van der Waals surface area contributed by atoms with Gasteiger partial charge in [0.25, 0.3) is 0 Å². The molecule has 0 fully saturated rings. The van der Waals surface area contributed by atoms with E-state index < -0.39 is 10.0 Å². The largest absolute Gasteiger partial charge is 0.495 e. The number of methoxy groups -OCH3 is 2. The highest BCUT2D eigenvalue weighted by molar-refractivity contribution is 9.10. The van der Waals surface area contributed by atoms with Crippen LogP contribution in [0.2, 0.25) is 0 Å². The van der Waals surface area contributed by atoms with E-state index in [1.54, 1.807) is 19.2 Å². The number of nitrogens with one attached hydrogen (secondary N) is 2. The topological polar surface area (TPSA) is 76.7 Å². The molecule has 0 saturated heterocycles. The van der Waals surface area contributed by atoms with Gasteiger partial charge in [0.05, 0.1) is 13.7 Å². The van der Waals surface area contributed by atoms with Gasteiger partial charge in [-0.3, -0.25) is 0 Å². The number of sulfonamides is 1. The summed E-state index contributed by atoms with van der Waals surface area (Å²) in [6, 6.07) is 4.85. The van der Waals surface area contributed by atoms with Crippen molar-refractivity contribution in [3.63, 3.8) is 0 Å². The molecule has 0 spiro atoms. The molecule has 1 aromatic carbocycles. The van der Waals surface area contributed by atoms with Crippen LogP contribution in [0, 0.1) is 0 Å². The van der Waals surface area contributed by atoms with Crippen molar-refractivity contribution in [2.45, 2.75) is 4.90 Å². The van der Waals surface area contributed by atoms with Crippen LogP contribution in [-0.2, 0) is 14.8 Å². The second-order valence-corrected chi connectivity index (χ2v) is 6.59. The molecular formula is C12H20BrClN2O4S. The van der Waals surface area contributed by atoms with E-state index in [1.165, 1.54) is 13.2 Å². The summed E-state index contributed by atoms with van der Waals surface area (Å²) >= 11 is 3.25. The predicted octanol–water partition coefficient (Wildman–Crippen LogP) is 1.39. The molecule has 0 unspecified atom stereocenters. The summed E-state index contributed by atoms with van der Waals surface area (Å²) in [5, 5.41) is 3.06. The highest BCUT2D eigenvalue weighted by Crippen LogP contribution is 2.26. The minimum Gasteiger partial charge on any atom is -0.495 e. The molecule has 122 valence electrons. The van der Waals surface area contributed by atoms with E-state index in [4.69, 9.17) is 9.47 Å². The number of hydrogen-bond donors (Lipinski definition) is 2. The molecule has 0 aliphatic heterocycles. The van der Waals surface area contributed by atoms with Crippen molar-refractivity contribution < 1.29 is 17.9 Å². The molecule has 21 heavy (non-hydrogen) atoms. The zero-order valence-electron chi connectivity index (χ0n) is 11.9. The standard InChI is InChI=1S/C12H19BrN2O4S.ClH/c1-18-8-7-14-5-6-15-20(16,17)12-9-10(13)3-4-11(12)19-2;/h3-4,9,14-15H,5-8H2,1-2H3;1H. The molecule has 0 atom stereocenters. The fourth-order valence-corrected chi connectivity index (χ4v) is 3.25. The summed E-state index contributed by atoms with van der Waals surface area (Å²) in [7, 11) is -0.540. The lowest BCUT2D eigenvalue weighted by Gasteiger charge is -2.11. The van der Waals surface area contributed by atoms with Crippen LogP contribution in [0.3, 0.4) is 0 Å². The monoisotopic (exact) mass is 402 g/mol. The summed E-state index contributed by atoms with van der Waals surface area (Å²) in [6.45, 7) is 2.09. The van der Waals surface area contributed by atoms with Crippen molar-refractivity contribution in [1.82, 2.24) is 10.0 Å². The fraction of sp³-hybridized carbons (Fsp3) is 0.500. The summed E-state index contributed by atoms with van der Waals surface area (Å²) < 4.78 is 37.5. The van der Waals surface area contributed by atoms with Crippen molar-refractivity contribution in [3.8, 4) is 5.75 Å². The van der Waals surface area contributed by atoms with Crippen LogP contribution in [0.25, 0.3) is 0 Å². The van der Waals surface area contributed by atoms with Crippen molar-refractivity contribution in [3.05, 3.63) is 22.7 Å². The molecule has 0 aliphatic carbocycles. The van der Waals surface area contributed by atoms with Gasteiger partial charge in [0.2, 0.25) is 10.0 Å². The Morgan fingerprint density at radius 2 is 1.90 bits per heavy atom. The molecule has 0 radical (unpaired) electrons. The number of rotatable bonds is 9. The fourth-order valence-electron chi connectivity index (χ4n) is 1.51. The van der Waals surface area contributed by atoms with Crippen molar-refractivity contribution in [2.75, 3.05) is 40.5 Å². The molecule has 0 bridgehead atoms. The normalized spacial score (nSPS) is 11.0. The first kappa shape index (κ1) is 20.6. The van der Waals surface area contributed by atoms with E-state index in [1.807, 2.05) is 0 Å². The summed E-state index contributed by atoms with van der Waals surface area (Å²) in [6.07, 6.45) is 0. The summed E-state index contributed by atoms with van der Waals surface area (Å²) in [4.78, 5) is 0.117. The second-order valence-electron chi connectivity index (χ2n) is 3.94. The molecule has 6 nitrogen and oxygen atoms in total. The Morgan fingerprint density at radius 3 is 2.52 bits per heavy atom. The maximum Gasteiger partial charge on any atom is 0.244 e. The van der Waals surface area contributed by atoms with Crippen molar-refractivity contribution in [2.24, 2.45) is 0 Å². The average Bonchev–Trinajstić information content (AvgIpc) is 2.42. The zero-order chi connectivity index (χ0) is 15.0. The third-order valence-corrected chi connectivity index (χ3v) is 4.47. The van der Waals surface area contributed by atoms with Crippen LogP contribution in [0.15, 0.2) is 27.6 Å². The van der Waals surface area contributed by atoms with E-state index in [0.29, 0.717) is 36.5 Å². The highest BCUT2D eigenvalue weighted by Gasteiger charge is 2.19. The molecule has 0 aliphatic rings. The van der Waals surface area contributed by atoms with Gasteiger partial charge in [0.1, 0.15) is 10.6 Å². The van der Waals surface area contributed by atoms with Gasteiger partial charge >= 0.3 is 0 Å².